The lowest BCUT2D eigenvalue weighted by Crippen LogP contribution is -2.09. The summed E-state index contributed by atoms with van der Waals surface area (Å²) in [6, 6.07) is 5.74. The van der Waals surface area contributed by atoms with Crippen molar-refractivity contribution < 1.29 is 4.79 Å². The summed E-state index contributed by atoms with van der Waals surface area (Å²) < 4.78 is 2.70. The number of halogens is 1. The van der Waals surface area contributed by atoms with E-state index < -0.39 is 0 Å². The van der Waals surface area contributed by atoms with Gasteiger partial charge in [0.15, 0.2) is 0 Å². The predicted molar refractivity (Wildman–Crippen MR) is 81.7 cm³/mol. The predicted octanol–water partition coefficient (Wildman–Crippen LogP) is 3.65. The fourth-order valence-corrected chi connectivity index (χ4v) is 2.94. The molecule has 1 amide bonds. The van der Waals surface area contributed by atoms with Crippen molar-refractivity contribution in [3.63, 3.8) is 0 Å². The largest absolute Gasteiger partial charge is 0.319 e. The molecule has 0 fully saturated rings. The SMILES string of the molecule is N#CCCCCn1cc(NC(=O)c2ccc(Br)s2)cn1. The Labute approximate surface area is 129 Å². The number of aromatic nitrogens is 2. The van der Waals surface area contributed by atoms with E-state index in [4.69, 9.17) is 5.26 Å². The van der Waals surface area contributed by atoms with Crippen molar-refractivity contribution in [2.24, 2.45) is 0 Å². The van der Waals surface area contributed by atoms with Gasteiger partial charge in [-0.3, -0.25) is 9.48 Å². The third-order valence-corrected chi connectivity index (χ3v) is 4.24. The maximum atomic E-state index is 11.9. The number of nitrogens with one attached hydrogen (secondary N) is 1. The molecule has 0 unspecified atom stereocenters. The number of amides is 1. The molecule has 1 N–H and O–H groups in total. The molecule has 0 aromatic carbocycles. The monoisotopic (exact) mass is 352 g/mol. The van der Waals surface area contributed by atoms with Crippen molar-refractivity contribution in [3.05, 3.63) is 33.2 Å². The first-order chi connectivity index (χ1) is 9.69. The number of carbonyl (C=O) groups is 1. The van der Waals surface area contributed by atoms with Crippen molar-refractivity contribution in [2.45, 2.75) is 25.8 Å². The minimum Gasteiger partial charge on any atom is -0.319 e. The van der Waals surface area contributed by atoms with Crippen LogP contribution >= 0.6 is 27.3 Å². The molecule has 0 aliphatic rings. The van der Waals surface area contributed by atoms with Crippen LogP contribution in [-0.4, -0.2) is 15.7 Å². The average Bonchev–Trinajstić information content (AvgIpc) is 3.04. The van der Waals surface area contributed by atoms with Crippen molar-refractivity contribution >= 4 is 38.9 Å². The minimum atomic E-state index is -0.135. The lowest BCUT2D eigenvalue weighted by Gasteiger charge is -2.00. The highest BCUT2D eigenvalue weighted by Crippen LogP contribution is 2.22. The summed E-state index contributed by atoms with van der Waals surface area (Å²) in [7, 11) is 0. The number of aryl methyl sites for hydroxylation is 1. The summed E-state index contributed by atoms with van der Waals surface area (Å²) in [4.78, 5) is 12.6. The van der Waals surface area contributed by atoms with E-state index in [9.17, 15) is 4.79 Å². The summed E-state index contributed by atoms with van der Waals surface area (Å²) in [6.07, 6.45) is 5.76. The number of rotatable bonds is 6. The van der Waals surface area contributed by atoms with Crippen LogP contribution in [0.15, 0.2) is 28.3 Å². The molecule has 104 valence electrons. The summed E-state index contributed by atoms with van der Waals surface area (Å²) in [5.74, 6) is -0.135. The van der Waals surface area contributed by atoms with Crippen LogP contribution in [0.5, 0.6) is 0 Å². The standard InChI is InChI=1S/C13H13BrN4OS/c14-12-5-4-11(20-12)13(19)17-10-8-16-18(9-10)7-3-1-2-6-15/h4-5,8-9H,1-3,7H2,(H,17,19). The van der Waals surface area contributed by atoms with Gasteiger partial charge in [-0.25, -0.2) is 0 Å². The van der Waals surface area contributed by atoms with Gasteiger partial charge in [0.1, 0.15) is 0 Å². The molecule has 0 radical (unpaired) electrons. The zero-order valence-corrected chi connectivity index (χ0v) is 13.1. The molecule has 2 aromatic rings. The first-order valence-corrected chi connectivity index (χ1v) is 7.76. The molecule has 20 heavy (non-hydrogen) atoms. The van der Waals surface area contributed by atoms with Gasteiger partial charge in [-0.05, 0) is 40.9 Å². The Morgan fingerprint density at radius 2 is 2.35 bits per heavy atom. The topological polar surface area (TPSA) is 70.7 Å². The number of nitrogens with zero attached hydrogens (tertiary/aromatic N) is 3. The Balaban J connectivity index is 1.86. The molecule has 2 heterocycles. The number of hydrogen-bond acceptors (Lipinski definition) is 4. The van der Waals surface area contributed by atoms with Crippen molar-refractivity contribution in [3.8, 4) is 6.07 Å². The molecule has 5 nitrogen and oxygen atoms in total. The Morgan fingerprint density at radius 1 is 1.50 bits per heavy atom. The Bertz CT molecular complexity index is 628. The van der Waals surface area contributed by atoms with Crippen molar-refractivity contribution in [2.75, 3.05) is 5.32 Å². The van der Waals surface area contributed by atoms with Crippen LogP contribution in [0.4, 0.5) is 5.69 Å². The van der Waals surface area contributed by atoms with Gasteiger partial charge in [0.05, 0.1) is 26.6 Å². The van der Waals surface area contributed by atoms with Crippen LogP contribution in [0, 0.1) is 11.3 Å². The maximum absolute atomic E-state index is 11.9. The van der Waals surface area contributed by atoms with E-state index in [0.717, 1.165) is 23.2 Å². The number of unbranched alkanes of at least 4 members (excludes halogenated alkanes) is 2. The van der Waals surface area contributed by atoms with E-state index >= 15 is 0 Å². The van der Waals surface area contributed by atoms with E-state index in [2.05, 4.69) is 32.4 Å². The van der Waals surface area contributed by atoms with Gasteiger partial charge in [-0.1, -0.05) is 0 Å². The lowest BCUT2D eigenvalue weighted by atomic mass is 10.2. The number of hydrogen-bond donors (Lipinski definition) is 1. The Morgan fingerprint density at radius 3 is 3.05 bits per heavy atom. The first-order valence-electron chi connectivity index (χ1n) is 6.15. The number of thiophene rings is 1. The molecule has 0 atom stereocenters. The minimum absolute atomic E-state index is 0.135. The second-order valence-corrected chi connectivity index (χ2v) is 6.63. The van der Waals surface area contributed by atoms with E-state index in [1.165, 1.54) is 11.3 Å². The van der Waals surface area contributed by atoms with Gasteiger partial charge in [0, 0.05) is 19.2 Å². The quantitative estimate of drug-likeness (QED) is 0.806. The fourth-order valence-electron chi connectivity index (χ4n) is 1.66. The second-order valence-electron chi connectivity index (χ2n) is 4.17. The van der Waals surface area contributed by atoms with Crippen molar-refractivity contribution in [1.29, 1.82) is 5.26 Å². The van der Waals surface area contributed by atoms with E-state index in [-0.39, 0.29) is 5.91 Å². The number of nitriles is 1. The maximum Gasteiger partial charge on any atom is 0.265 e. The zero-order chi connectivity index (χ0) is 14.4. The average molecular weight is 353 g/mol. The smallest absolute Gasteiger partial charge is 0.265 e. The molecule has 0 saturated carbocycles. The third-order valence-electron chi connectivity index (χ3n) is 2.61. The molecule has 2 rings (SSSR count). The summed E-state index contributed by atoms with van der Waals surface area (Å²) in [5.41, 5.74) is 0.680. The zero-order valence-electron chi connectivity index (χ0n) is 10.7. The lowest BCUT2D eigenvalue weighted by molar-refractivity contribution is 0.103. The van der Waals surface area contributed by atoms with Crippen LogP contribution < -0.4 is 5.32 Å². The third kappa shape index (κ3) is 4.18. The van der Waals surface area contributed by atoms with Gasteiger partial charge >= 0.3 is 0 Å². The van der Waals surface area contributed by atoms with Crippen molar-refractivity contribution in [1.82, 2.24) is 9.78 Å². The molecule has 0 aliphatic heterocycles. The second kappa shape index (κ2) is 7.22. The van der Waals surface area contributed by atoms with E-state index in [1.807, 2.05) is 6.07 Å². The summed E-state index contributed by atoms with van der Waals surface area (Å²) in [5, 5.41) is 15.4. The molecule has 0 saturated heterocycles. The Hall–Kier alpha value is -1.65. The number of carbonyl (C=O) groups excluding carboxylic acids is 1. The van der Waals surface area contributed by atoms with Gasteiger partial charge in [0.2, 0.25) is 0 Å². The fraction of sp³-hybridized carbons (Fsp3) is 0.308. The molecule has 0 spiro atoms. The molecule has 0 aliphatic carbocycles. The normalized spacial score (nSPS) is 10.2. The van der Waals surface area contributed by atoms with Crippen LogP contribution in [0.1, 0.15) is 28.9 Å². The van der Waals surface area contributed by atoms with Gasteiger partial charge < -0.3 is 5.32 Å². The van der Waals surface area contributed by atoms with Gasteiger partial charge in [-0.2, -0.15) is 10.4 Å². The van der Waals surface area contributed by atoms with E-state index in [0.29, 0.717) is 17.0 Å². The van der Waals surface area contributed by atoms with E-state index in [1.54, 1.807) is 23.1 Å². The van der Waals surface area contributed by atoms with Gasteiger partial charge in [0.25, 0.3) is 5.91 Å². The molecular weight excluding hydrogens is 340 g/mol. The highest BCUT2D eigenvalue weighted by atomic mass is 79.9. The molecule has 2 aromatic heterocycles. The molecular formula is C13H13BrN4OS. The number of anilines is 1. The highest BCUT2D eigenvalue weighted by Gasteiger charge is 2.09. The highest BCUT2D eigenvalue weighted by molar-refractivity contribution is 9.11. The molecule has 0 bridgehead atoms. The van der Waals surface area contributed by atoms with Crippen LogP contribution in [-0.2, 0) is 6.54 Å². The summed E-state index contributed by atoms with van der Waals surface area (Å²) >= 11 is 4.72. The molecule has 7 heteroatoms. The van der Waals surface area contributed by atoms with Gasteiger partial charge in [-0.15, -0.1) is 11.3 Å². The van der Waals surface area contributed by atoms with Crippen LogP contribution in [0.2, 0.25) is 0 Å². The summed E-state index contributed by atoms with van der Waals surface area (Å²) in [6.45, 7) is 0.752. The first kappa shape index (κ1) is 14.8. The van der Waals surface area contributed by atoms with Crippen LogP contribution in [0.25, 0.3) is 0 Å². The Kier molecular flexibility index (Phi) is 5.32. The van der Waals surface area contributed by atoms with Crippen LogP contribution in [0.3, 0.4) is 0 Å².